The number of nitrogens with one attached hydrogen (secondary N) is 1. The third-order valence-electron chi connectivity index (χ3n) is 3.22. The van der Waals surface area contributed by atoms with Crippen LogP contribution in [0.4, 0.5) is 0 Å². The highest BCUT2D eigenvalue weighted by molar-refractivity contribution is 7.99. The molecule has 0 unspecified atom stereocenters. The monoisotopic (exact) mass is 339 g/mol. The Morgan fingerprint density at radius 2 is 2.00 bits per heavy atom. The molecule has 0 saturated heterocycles. The van der Waals surface area contributed by atoms with Gasteiger partial charge in [0.05, 0.1) is 11.1 Å². The van der Waals surface area contributed by atoms with E-state index < -0.39 is 0 Å². The van der Waals surface area contributed by atoms with Crippen LogP contribution >= 0.6 is 23.1 Å². The Balaban J connectivity index is 2.28. The van der Waals surface area contributed by atoms with Gasteiger partial charge < -0.3 is 5.32 Å². The Morgan fingerprint density at radius 3 is 2.59 bits per heavy atom. The number of carbonyl (C=O) groups is 1. The molecule has 120 valence electrons. The van der Waals surface area contributed by atoms with E-state index in [-0.39, 0.29) is 22.8 Å². The van der Waals surface area contributed by atoms with E-state index >= 15 is 0 Å². The lowest BCUT2D eigenvalue weighted by Gasteiger charge is -2.20. The van der Waals surface area contributed by atoms with Gasteiger partial charge in [-0.05, 0) is 40.2 Å². The van der Waals surface area contributed by atoms with Gasteiger partial charge in [0.25, 0.3) is 5.56 Å². The molecule has 2 aromatic heterocycles. The SMILES string of the molecule is Cc1sc2nc(SCC(=O)NC(C)(C)C)n(C)c(=O)c2c1C. The van der Waals surface area contributed by atoms with Crippen molar-refractivity contribution in [1.82, 2.24) is 14.9 Å². The molecule has 0 aliphatic heterocycles. The lowest BCUT2D eigenvalue weighted by atomic mass is 10.1. The van der Waals surface area contributed by atoms with E-state index in [0.717, 1.165) is 15.3 Å². The predicted molar refractivity (Wildman–Crippen MR) is 93.0 cm³/mol. The lowest BCUT2D eigenvalue weighted by molar-refractivity contribution is -0.119. The molecule has 7 heteroatoms. The summed E-state index contributed by atoms with van der Waals surface area (Å²) in [6, 6.07) is 0. The number of thiophene rings is 1. The minimum Gasteiger partial charge on any atom is -0.351 e. The van der Waals surface area contributed by atoms with Crippen LogP contribution in [0.15, 0.2) is 9.95 Å². The Morgan fingerprint density at radius 1 is 1.36 bits per heavy atom. The smallest absolute Gasteiger partial charge is 0.262 e. The average molecular weight is 339 g/mol. The fourth-order valence-corrected chi connectivity index (χ4v) is 3.91. The van der Waals surface area contributed by atoms with Gasteiger partial charge in [-0.15, -0.1) is 11.3 Å². The van der Waals surface area contributed by atoms with Crippen molar-refractivity contribution >= 4 is 39.2 Å². The maximum atomic E-state index is 12.5. The van der Waals surface area contributed by atoms with Crippen molar-refractivity contribution < 1.29 is 4.79 Å². The van der Waals surface area contributed by atoms with Crippen molar-refractivity contribution in [3.63, 3.8) is 0 Å². The molecule has 0 aliphatic carbocycles. The number of rotatable bonds is 3. The zero-order chi connectivity index (χ0) is 16.7. The first-order valence-electron chi connectivity index (χ1n) is 7.00. The van der Waals surface area contributed by atoms with Crippen LogP contribution in [0.2, 0.25) is 0 Å². The molecular weight excluding hydrogens is 318 g/mol. The molecule has 2 rings (SSSR count). The quantitative estimate of drug-likeness (QED) is 0.690. The first-order valence-corrected chi connectivity index (χ1v) is 8.81. The van der Waals surface area contributed by atoms with Crippen LogP contribution in [0.1, 0.15) is 31.2 Å². The number of aryl methyl sites for hydroxylation is 2. The second kappa shape index (κ2) is 6.04. The molecule has 0 spiro atoms. The summed E-state index contributed by atoms with van der Waals surface area (Å²) in [6.45, 7) is 9.75. The Bertz CT molecular complexity index is 785. The Hall–Kier alpha value is -1.34. The highest BCUT2D eigenvalue weighted by Crippen LogP contribution is 2.27. The highest BCUT2D eigenvalue weighted by Gasteiger charge is 2.17. The highest BCUT2D eigenvalue weighted by atomic mass is 32.2. The van der Waals surface area contributed by atoms with E-state index in [1.54, 1.807) is 7.05 Å². The topological polar surface area (TPSA) is 64.0 Å². The normalized spacial score (nSPS) is 11.9. The number of hydrogen-bond acceptors (Lipinski definition) is 5. The first-order chi connectivity index (χ1) is 10.1. The largest absolute Gasteiger partial charge is 0.351 e. The van der Waals surface area contributed by atoms with Crippen LogP contribution in [0.5, 0.6) is 0 Å². The summed E-state index contributed by atoms with van der Waals surface area (Å²) in [5.41, 5.74) is 0.684. The van der Waals surface area contributed by atoms with Crippen LogP contribution in [-0.2, 0) is 11.8 Å². The van der Waals surface area contributed by atoms with Crippen molar-refractivity contribution in [3.8, 4) is 0 Å². The summed E-state index contributed by atoms with van der Waals surface area (Å²) in [5.74, 6) is 0.178. The molecule has 0 fully saturated rings. The second-order valence-electron chi connectivity index (χ2n) is 6.31. The van der Waals surface area contributed by atoms with Gasteiger partial charge in [-0.3, -0.25) is 14.2 Å². The van der Waals surface area contributed by atoms with Gasteiger partial charge in [0.1, 0.15) is 4.83 Å². The Labute approximate surface area is 138 Å². The lowest BCUT2D eigenvalue weighted by Crippen LogP contribution is -2.41. The van der Waals surface area contributed by atoms with Gasteiger partial charge in [-0.25, -0.2) is 4.98 Å². The maximum Gasteiger partial charge on any atom is 0.262 e. The van der Waals surface area contributed by atoms with Crippen molar-refractivity contribution in [1.29, 1.82) is 0 Å². The van der Waals surface area contributed by atoms with E-state index in [2.05, 4.69) is 10.3 Å². The van der Waals surface area contributed by atoms with Crippen LogP contribution in [0.25, 0.3) is 10.2 Å². The third-order valence-corrected chi connectivity index (χ3v) is 5.35. The summed E-state index contributed by atoms with van der Waals surface area (Å²) < 4.78 is 1.52. The van der Waals surface area contributed by atoms with E-state index in [1.807, 2.05) is 34.6 Å². The molecular formula is C15H21N3O2S2. The molecule has 0 radical (unpaired) electrons. The van der Waals surface area contributed by atoms with Crippen LogP contribution in [0, 0.1) is 13.8 Å². The molecule has 2 heterocycles. The molecule has 0 saturated carbocycles. The number of hydrogen-bond donors (Lipinski definition) is 1. The van der Waals surface area contributed by atoms with Gasteiger partial charge in [0.2, 0.25) is 5.91 Å². The summed E-state index contributed by atoms with van der Waals surface area (Å²) in [5, 5.41) is 4.16. The van der Waals surface area contributed by atoms with Crippen molar-refractivity contribution in [2.24, 2.45) is 7.05 Å². The van der Waals surface area contributed by atoms with Crippen molar-refractivity contribution in [2.75, 3.05) is 5.75 Å². The zero-order valence-electron chi connectivity index (χ0n) is 13.7. The molecule has 0 aromatic carbocycles. The third kappa shape index (κ3) is 3.52. The minimum absolute atomic E-state index is 0.0504. The van der Waals surface area contributed by atoms with Gasteiger partial charge >= 0.3 is 0 Å². The first kappa shape index (κ1) is 17.0. The van der Waals surface area contributed by atoms with E-state index in [9.17, 15) is 9.59 Å². The molecule has 5 nitrogen and oxygen atoms in total. The number of aromatic nitrogens is 2. The van der Waals surface area contributed by atoms with Gasteiger partial charge in [-0.2, -0.15) is 0 Å². The van der Waals surface area contributed by atoms with E-state index in [4.69, 9.17) is 0 Å². The number of thioether (sulfide) groups is 1. The molecule has 1 N–H and O–H groups in total. The van der Waals surface area contributed by atoms with Gasteiger partial charge in [0.15, 0.2) is 5.16 Å². The van der Waals surface area contributed by atoms with E-state index in [1.165, 1.54) is 27.7 Å². The van der Waals surface area contributed by atoms with Gasteiger partial charge in [0, 0.05) is 17.5 Å². The molecule has 2 aromatic rings. The van der Waals surface area contributed by atoms with E-state index in [0.29, 0.717) is 10.5 Å². The minimum atomic E-state index is -0.261. The fourth-order valence-electron chi connectivity index (χ4n) is 2.07. The standard InChI is InChI=1S/C15H21N3O2S2/c1-8-9(2)22-12-11(8)13(20)18(6)14(16-12)21-7-10(19)17-15(3,4)5/h7H2,1-6H3,(H,17,19). The molecule has 1 amide bonds. The number of fused-ring (bicyclic) bond motifs is 1. The predicted octanol–water partition coefficient (Wildman–Crippen LogP) is 2.62. The fraction of sp³-hybridized carbons (Fsp3) is 0.533. The number of nitrogens with zero attached hydrogens (tertiary/aromatic N) is 2. The van der Waals surface area contributed by atoms with Crippen LogP contribution < -0.4 is 10.9 Å². The molecule has 0 aliphatic rings. The Kier molecular flexibility index (Phi) is 4.67. The second-order valence-corrected chi connectivity index (χ2v) is 8.45. The summed E-state index contributed by atoms with van der Waals surface area (Å²) in [7, 11) is 1.70. The van der Waals surface area contributed by atoms with Crippen molar-refractivity contribution in [3.05, 3.63) is 20.8 Å². The summed E-state index contributed by atoms with van der Waals surface area (Å²) in [4.78, 5) is 30.8. The molecule has 0 atom stereocenters. The van der Waals surface area contributed by atoms with Crippen molar-refractivity contribution in [2.45, 2.75) is 45.3 Å². The summed E-state index contributed by atoms with van der Waals surface area (Å²) >= 11 is 2.81. The number of amides is 1. The number of carbonyl (C=O) groups excluding carboxylic acids is 1. The summed E-state index contributed by atoms with van der Waals surface area (Å²) in [6.07, 6.45) is 0. The van der Waals surface area contributed by atoms with Crippen LogP contribution in [0.3, 0.4) is 0 Å². The average Bonchev–Trinajstić information content (AvgIpc) is 2.66. The van der Waals surface area contributed by atoms with Crippen LogP contribution in [-0.4, -0.2) is 26.8 Å². The molecule has 0 bridgehead atoms. The zero-order valence-corrected chi connectivity index (χ0v) is 15.4. The molecule has 22 heavy (non-hydrogen) atoms. The van der Waals surface area contributed by atoms with Gasteiger partial charge in [-0.1, -0.05) is 11.8 Å². The maximum absolute atomic E-state index is 12.5.